The highest BCUT2D eigenvalue weighted by molar-refractivity contribution is 5.94. The maximum absolute atomic E-state index is 11.9. The van der Waals surface area contributed by atoms with Crippen LogP contribution in [0.4, 0.5) is 5.69 Å². The molecule has 1 heterocycles. The van der Waals surface area contributed by atoms with Crippen LogP contribution in [-0.4, -0.2) is 31.2 Å². The lowest BCUT2D eigenvalue weighted by atomic mass is 9.64. The van der Waals surface area contributed by atoms with E-state index in [9.17, 15) is 4.79 Å². The summed E-state index contributed by atoms with van der Waals surface area (Å²) in [6.07, 6.45) is 1.96. The molecule has 1 saturated carbocycles. The molecule has 3 atom stereocenters. The van der Waals surface area contributed by atoms with Gasteiger partial charge in [0.05, 0.1) is 6.10 Å². The van der Waals surface area contributed by atoms with Crippen LogP contribution in [0.5, 0.6) is 0 Å². The summed E-state index contributed by atoms with van der Waals surface area (Å²) >= 11 is 0. The minimum Gasteiger partial charge on any atom is -0.378 e. The molecule has 1 aliphatic heterocycles. The Labute approximate surface area is 132 Å². The smallest absolute Gasteiger partial charge is 0.225 e. The maximum atomic E-state index is 11.9. The number of anilines is 1. The summed E-state index contributed by atoms with van der Waals surface area (Å²) in [5.41, 5.74) is 2.37. The third-order valence-corrected chi connectivity index (χ3v) is 5.26. The van der Waals surface area contributed by atoms with Crippen molar-refractivity contribution in [2.75, 3.05) is 18.5 Å². The van der Waals surface area contributed by atoms with Crippen molar-refractivity contribution in [1.82, 2.24) is 5.32 Å². The molecule has 0 radical (unpaired) electrons. The van der Waals surface area contributed by atoms with Crippen molar-refractivity contribution < 1.29 is 9.53 Å². The number of carbonyl (C=O) groups is 1. The number of amides is 1. The van der Waals surface area contributed by atoms with Gasteiger partial charge in [0.15, 0.2) is 0 Å². The molecule has 4 heteroatoms. The zero-order valence-electron chi connectivity index (χ0n) is 13.7. The van der Waals surface area contributed by atoms with Gasteiger partial charge in [0, 0.05) is 42.6 Å². The Bertz CT molecular complexity index is 556. The number of para-hydroxylation sites is 1. The molecule has 1 aromatic carbocycles. The first kappa shape index (κ1) is 15.5. The lowest BCUT2D eigenvalue weighted by Gasteiger charge is -2.52. The van der Waals surface area contributed by atoms with E-state index in [1.54, 1.807) is 0 Å². The van der Waals surface area contributed by atoms with Crippen molar-refractivity contribution in [2.45, 2.75) is 51.7 Å². The van der Waals surface area contributed by atoms with Crippen molar-refractivity contribution in [2.24, 2.45) is 5.41 Å². The third kappa shape index (κ3) is 2.77. The van der Waals surface area contributed by atoms with E-state index < -0.39 is 0 Å². The molecule has 0 spiro atoms. The molecule has 1 aromatic rings. The third-order valence-electron chi connectivity index (χ3n) is 5.26. The standard InChI is InChI=1S/C18H26N2O2/c1-4-22-16-10-15(18(16,2)3)19-11-12-9-17(21)20-14-8-6-5-7-13(12)14/h5-8,12,15-16,19H,4,9-11H2,1-3H3,(H,20,21)/t12-,15-,16-/m1/s1. The summed E-state index contributed by atoms with van der Waals surface area (Å²) in [4.78, 5) is 11.9. The summed E-state index contributed by atoms with van der Waals surface area (Å²) in [7, 11) is 0. The van der Waals surface area contributed by atoms with E-state index in [4.69, 9.17) is 4.74 Å². The number of rotatable bonds is 5. The fraction of sp³-hybridized carbons (Fsp3) is 0.611. The topological polar surface area (TPSA) is 50.4 Å². The molecule has 2 aliphatic rings. The Morgan fingerprint density at radius 2 is 2.14 bits per heavy atom. The highest BCUT2D eigenvalue weighted by Crippen LogP contribution is 2.43. The summed E-state index contributed by atoms with van der Waals surface area (Å²) in [5, 5.41) is 6.63. The normalized spacial score (nSPS) is 29.4. The number of ether oxygens (including phenoxy) is 1. The fourth-order valence-corrected chi connectivity index (χ4v) is 3.68. The van der Waals surface area contributed by atoms with E-state index in [0.717, 1.165) is 25.3 Å². The van der Waals surface area contributed by atoms with Crippen LogP contribution in [0.3, 0.4) is 0 Å². The van der Waals surface area contributed by atoms with Crippen LogP contribution < -0.4 is 10.6 Å². The molecule has 0 bridgehead atoms. The average Bonchev–Trinajstić information content (AvgIpc) is 2.49. The first-order valence-corrected chi connectivity index (χ1v) is 8.26. The minimum atomic E-state index is 0.116. The Hall–Kier alpha value is -1.39. The molecule has 0 unspecified atom stereocenters. The van der Waals surface area contributed by atoms with Gasteiger partial charge in [-0.25, -0.2) is 0 Å². The van der Waals surface area contributed by atoms with E-state index in [1.165, 1.54) is 5.56 Å². The summed E-state index contributed by atoms with van der Waals surface area (Å²) in [6.45, 7) is 8.19. The second-order valence-corrected chi connectivity index (χ2v) is 7.00. The Morgan fingerprint density at radius 1 is 1.36 bits per heavy atom. The zero-order chi connectivity index (χ0) is 15.7. The van der Waals surface area contributed by atoms with Gasteiger partial charge in [-0.2, -0.15) is 0 Å². The molecule has 120 valence electrons. The first-order valence-electron chi connectivity index (χ1n) is 8.26. The Kier molecular flexibility index (Phi) is 4.24. The second-order valence-electron chi connectivity index (χ2n) is 7.00. The molecule has 4 nitrogen and oxygen atoms in total. The van der Waals surface area contributed by atoms with Crippen molar-refractivity contribution in [3.63, 3.8) is 0 Å². The number of carbonyl (C=O) groups excluding carboxylic acids is 1. The van der Waals surface area contributed by atoms with Crippen molar-refractivity contribution in [1.29, 1.82) is 0 Å². The number of fused-ring (bicyclic) bond motifs is 1. The van der Waals surface area contributed by atoms with Crippen LogP contribution in [-0.2, 0) is 9.53 Å². The van der Waals surface area contributed by atoms with E-state index in [2.05, 4.69) is 37.5 Å². The number of hydrogen-bond acceptors (Lipinski definition) is 3. The van der Waals surface area contributed by atoms with E-state index >= 15 is 0 Å². The number of nitrogens with one attached hydrogen (secondary N) is 2. The van der Waals surface area contributed by atoms with E-state index in [-0.39, 0.29) is 17.2 Å². The molecule has 22 heavy (non-hydrogen) atoms. The number of benzene rings is 1. The lowest BCUT2D eigenvalue weighted by molar-refractivity contribution is -0.118. The van der Waals surface area contributed by atoms with Gasteiger partial charge in [0.25, 0.3) is 0 Å². The van der Waals surface area contributed by atoms with E-state index in [0.29, 0.717) is 18.6 Å². The van der Waals surface area contributed by atoms with Gasteiger partial charge in [-0.3, -0.25) is 4.79 Å². The van der Waals surface area contributed by atoms with Gasteiger partial charge in [0.2, 0.25) is 5.91 Å². The average molecular weight is 302 g/mol. The molecule has 1 fully saturated rings. The monoisotopic (exact) mass is 302 g/mol. The van der Waals surface area contributed by atoms with Crippen LogP contribution >= 0.6 is 0 Å². The van der Waals surface area contributed by atoms with Gasteiger partial charge in [-0.15, -0.1) is 0 Å². The minimum absolute atomic E-state index is 0.116. The molecule has 0 saturated heterocycles. The van der Waals surface area contributed by atoms with Gasteiger partial charge < -0.3 is 15.4 Å². The maximum Gasteiger partial charge on any atom is 0.225 e. The zero-order valence-corrected chi connectivity index (χ0v) is 13.7. The highest BCUT2D eigenvalue weighted by Gasteiger charge is 2.48. The summed E-state index contributed by atoms with van der Waals surface area (Å²) in [6, 6.07) is 8.58. The molecule has 1 amide bonds. The Balaban J connectivity index is 1.62. The van der Waals surface area contributed by atoms with Crippen LogP contribution in [0.2, 0.25) is 0 Å². The van der Waals surface area contributed by atoms with E-state index in [1.807, 2.05) is 18.2 Å². The summed E-state index contributed by atoms with van der Waals surface area (Å²) < 4.78 is 5.78. The quantitative estimate of drug-likeness (QED) is 0.879. The molecule has 3 rings (SSSR count). The predicted octanol–water partition coefficient (Wildman–Crippen LogP) is 2.91. The van der Waals surface area contributed by atoms with Crippen LogP contribution in [0.15, 0.2) is 24.3 Å². The molecule has 0 aromatic heterocycles. The first-order chi connectivity index (χ1) is 10.5. The van der Waals surface area contributed by atoms with Gasteiger partial charge in [0.1, 0.15) is 0 Å². The Morgan fingerprint density at radius 3 is 2.86 bits per heavy atom. The van der Waals surface area contributed by atoms with Gasteiger partial charge >= 0.3 is 0 Å². The SMILES string of the molecule is CCO[C@@H]1C[C@@H](NC[C@H]2CC(=O)Nc3ccccc32)C1(C)C. The molecular formula is C18H26N2O2. The van der Waals surface area contributed by atoms with Crippen LogP contribution in [0.1, 0.15) is 45.1 Å². The van der Waals surface area contributed by atoms with Crippen molar-refractivity contribution in [3.05, 3.63) is 29.8 Å². The predicted molar refractivity (Wildman–Crippen MR) is 88.0 cm³/mol. The van der Waals surface area contributed by atoms with Crippen molar-refractivity contribution >= 4 is 11.6 Å². The molecule has 2 N–H and O–H groups in total. The largest absolute Gasteiger partial charge is 0.378 e. The van der Waals surface area contributed by atoms with Gasteiger partial charge in [-0.05, 0) is 25.0 Å². The second kappa shape index (κ2) is 6.01. The van der Waals surface area contributed by atoms with Crippen molar-refractivity contribution in [3.8, 4) is 0 Å². The lowest BCUT2D eigenvalue weighted by Crippen LogP contribution is -2.61. The van der Waals surface area contributed by atoms with Crippen LogP contribution in [0.25, 0.3) is 0 Å². The molecular weight excluding hydrogens is 276 g/mol. The summed E-state index contributed by atoms with van der Waals surface area (Å²) in [5.74, 6) is 0.373. The van der Waals surface area contributed by atoms with Crippen LogP contribution in [0, 0.1) is 5.41 Å². The number of hydrogen-bond donors (Lipinski definition) is 2. The van der Waals surface area contributed by atoms with Gasteiger partial charge in [-0.1, -0.05) is 32.0 Å². The highest BCUT2D eigenvalue weighted by atomic mass is 16.5. The fourth-order valence-electron chi connectivity index (χ4n) is 3.68. The molecule has 1 aliphatic carbocycles.